The van der Waals surface area contributed by atoms with E-state index in [0.717, 1.165) is 24.6 Å². The molecule has 0 spiro atoms. The second-order valence-corrected chi connectivity index (χ2v) is 9.89. The summed E-state index contributed by atoms with van der Waals surface area (Å²) in [6.45, 7) is 0.457. The van der Waals surface area contributed by atoms with Gasteiger partial charge in [-0.15, -0.1) is 0 Å². The summed E-state index contributed by atoms with van der Waals surface area (Å²) in [4.78, 5) is 29.2. The summed E-state index contributed by atoms with van der Waals surface area (Å²) in [5.41, 5.74) is 1.68. The Hall–Kier alpha value is -3.93. The highest BCUT2D eigenvalue weighted by atomic mass is 35.5. The van der Waals surface area contributed by atoms with Gasteiger partial charge in [0, 0.05) is 32.4 Å². The third-order valence-electron chi connectivity index (χ3n) is 6.72. The topological polar surface area (TPSA) is 85.0 Å². The van der Waals surface area contributed by atoms with E-state index in [2.05, 4.69) is 15.1 Å². The molecule has 1 saturated carbocycles. The van der Waals surface area contributed by atoms with Crippen molar-refractivity contribution < 1.29 is 18.0 Å². The highest BCUT2D eigenvalue weighted by Gasteiger charge is 2.35. The summed E-state index contributed by atoms with van der Waals surface area (Å²) in [5, 5.41) is 4.85. The third kappa shape index (κ3) is 4.28. The normalized spacial score (nSPS) is 15.8. The first-order chi connectivity index (χ1) is 18.1. The lowest BCUT2D eigenvalue weighted by atomic mass is 10.1. The number of carbonyl (C=O) groups is 1. The predicted molar refractivity (Wildman–Crippen MR) is 135 cm³/mol. The first-order valence-corrected chi connectivity index (χ1v) is 12.3. The lowest BCUT2D eigenvalue weighted by Crippen LogP contribution is -2.44. The second kappa shape index (κ2) is 8.83. The fraction of sp³-hybridized carbons (Fsp3) is 0.320. The maximum atomic E-state index is 13.1. The minimum absolute atomic E-state index is 0.103. The van der Waals surface area contributed by atoms with Crippen LogP contribution in [0.3, 0.4) is 0 Å². The average Bonchev–Trinajstić information content (AvgIpc) is 3.54. The first-order valence-electron chi connectivity index (χ1n) is 11.9. The van der Waals surface area contributed by atoms with Crippen LogP contribution in [0, 0.1) is 0 Å². The fourth-order valence-corrected chi connectivity index (χ4v) is 4.77. The molecule has 4 aromatic rings. The first kappa shape index (κ1) is 24.4. The largest absolute Gasteiger partial charge is 0.434 e. The number of amides is 1. The van der Waals surface area contributed by atoms with Crippen LogP contribution in [0.15, 0.2) is 42.9 Å². The zero-order valence-electron chi connectivity index (χ0n) is 20.4. The lowest BCUT2D eigenvalue weighted by molar-refractivity contribution is -0.140. The minimum atomic E-state index is -4.52. The maximum absolute atomic E-state index is 13.1. The van der Waals surface area contributed by atoms with Crippen LogP contribution in [-0.4, -0.2) is 48.8 Å². The molecule has 0 radical (unpaired) electrons. The molecule has 13 heteroatoms. The summed E-state index contributed by atoms with van der Waals surface area (Å²) in [5.74, 6) is 1.11. The molecule has 196 valence electrons. The molecule has 1 amide bonds. The van der Waals surface area contributed by atoms with E-state index in [9.17, 15) is 18.0 Å². The van der Waals surface area contributed by atoms with E-state index < -0.39 is 11.9 Å². The Balaban J connectivity index is 1.31. The molecule has 4 heterocycles. The van der Waals surface area contributed by atoms with Gasteiger partial charge in [0.2, 0.25) is 5.91 Å². The van der Waals surface area contributed by atoms with Crippen molar-refractivity contribution >= 4 is 29.0 Å². The van der Waals surface area contributed by atoms with Gasteiger partial charge in [-0.05, 0) is 18.4 Å². The van der Waals surface area contributed by atoms with E-state index in [0.29, 0.717) is 40.2 Å². The lowest BCUT2D eigenvalue weighted by Gasteiger charge is -2.34. The van der Waals surface area contributed by atoms with E-state index in [1.165, 1.54) is 16.5 Å². The molecule has 6 rings (SSSR count). The predicted octanol–water partition coefficient (Wildman–Crippen LogP) is 4.73. The van der Waals surface area contributed by atoms with Crippen LogP contribution >= 0.6 is 11.6 Å². The summed E-state index contributed by atoms with van der Waals surface area (Å²) in [6.07, 6.45) is 1.69. The zero-order chi connectivity index (χ0) is 26.8. The molecule has 2 aliphatic rings. The van der Waals surface area contributed by atoms with Gasteiger partial charge in [0.05, 0.1) is 30.0 Å². The summed E-state index contributed by atoms with van der Waals surface area (Å²) < 4.78 is 42.4. The maximum Gasteiger partial charge on any atom is 0.434 e. The Morgan fingerprint density at radius 3 is 2.47 bits per heavy atom. The molecule has 1 aliphatic heterocycles. The number of benzene rings is 1. The molecule has 0 N–H and O–H groups in total. The monoisotopic (exact) mass is 542 g/mol. The van der Waals surface area contributed by atoms with E-state index >= 15 is 0 Å². The average molecular weight is 543 g/mol. The van der Waals surface area contributed by atoms with Crippen molar-refractivity contribution in [3.05, 3.63) is 59.1 Å². The molecular weight excluding hydrogens is 521 g/mol. The molecule has 0 unspecified atom stereocenters. The minimum Gasteiger partial charge on any atom is -0.341 e. The third-order valence-corrected chi connectivity index (χ3v) is 7.00. The molecule has 0 atom stereocenters. The van der Waals surface area contributed by atoms with E-state index in [1.54, 1.807) is 43.7 Å². The molecule has 0 bridgehead atoms. The van der Waals surface area contributed by atoms with Gasteiger partial charge in [-0.3, -0.25) is 9.48 Å². The zero-order valence-corrected chi connectivity index (χ0v) is 21.2. The van der Waals surface area contributed by atoms with Crippen molar-refractivity contribution in [2.24, 2.45) is 7.05 Å². The number of rotatable bonds is 5. The number of hydrogen-bond donors (Lipinski definition) is 0. The van der Waals surface area contributed by atoms with Crippen molar-refractivity contribution in [1.82, 2.24) is 29.3 Å². The number of anilines is 2. The highest BCUT2D eigenvalue weighted by molar-refractivity contribution is 6.32. The second-order valence-electron chi connectivity index (χ2n) is 9.48. The Morgan fingerprint density at radius 1 is 1.08 bits per heavy atom. The summed E-state index contributed by atoms with van der Waals surface area (Å²) in [6, 6.07) is 7.33. The van der Waals surface area contributed by atoms with Crippen LogP contribution in [0.4, 0.5) is 24.7 Å². The Kier molecular flexibility index (Phi) is 5.67. The van der Waals surface area contributed by atoms with Crippen molar-refractivity contribution in [3.8, 4) is 22.9 Å². The van der Waals surface area contributed by atoms with E-state index in [4.69, 9.17) is 16.6 Å². The molecule has 9 nitrogen and oxygen atoms in total. The number of imidazole rings is 1. The number of aryl methyl sites for hydroxylation is 1. The number of carbonyl (C=O) groups excluding carboxylic acids is 1. The highest BCUT2D eigenvalue weighted by Crippen LogP contribution is 2.41. The van der Waals surface area contributed by atoms with Crippen molar-refractivity contribution in [1.29, 1.82) is 0 Å². The molecular formula is C25H22ClF3N8O. The van der Waals surface area contributed by atoms with Crippen molar-refractivity contribution in [3.63, 3.8) is 0 Å². The Labute approximate surface area is 220 Å². The summed E-state index contributed by atoms with van der Waals surface area (Å²) >= 11 is 6.44. The Bertz CT molecular complexity index is 1540. The molecule has 38 heavy (non-hydrogen) atoms. The smallest absolute Gasteiger partial charge is 0.341 e. The van der Waals surface area contributed by atoms with Crippen LogP contribution < -0.4 is 9.80 Å². The standard InChI is InChI=1S/C25H22ClF3N8O/c1-34-12-19(25(27,28)29)32-23(34)15-5-3-14(4-6-15)11-36-13-20(38)35(2)18-10-30-22(33-24(18)36)21-17(26)9-31-37(21)16-7-8-16/h3-6,9-10,12,16H,7-8,11,13H2,1-2H3. The van der Waals surface area contributed by atoms with Gasteiger partial charge in [0.15, 0.2) is 17.3 Å². The van der Waals surface area contributed by atoms with Crippen molar-refractivity contribution in [2.45, 2.75) is 31.6 Å². The molecule has 0 saturated heterocycles. The number of fused-ring (bicyclic) bond motifs is 1. The van der Waals surface area contributed by atoms with E-state index in [-0.39, 0.29) is 24.3 Å². The van der Waals surface area contributed by atoms with Gasteiger partial charge >= 0.3 is 6.18 Å². The van der Waals surface area contributed by atoms with Crippen LogP contribution in [0.25, 0.3) is 22.9 Å². The molecule has 3 aromatic heterocycles. The van der Waals surface area contributed by atoms with Gasteiger partial charge in [-0.25, -0.2) is 15.0 Å². The summed E-state index contributed by atoms with van der Waals surface area (Å²) in [7, 11) is 3.21. The van der Waals surface area contributed by atoms with Crippen molar-refractivity contribution in [2.75, 3.05) is 23.4 Å². The number of aromatic nitrogens is 6. The number of hydrogen-bond acceptors (Lipinski definition) is 6. The molecule has 1 aromatic carbocycles. The Morgan fingerprint density at radius 2 is 1.82 bits per heavy atom. The van der Waals surface area contributed by atoms with Crippen LogP contribution in [0.2, 0.25) is 5.02 Å². The van der Waals surface area contributed by atoms with Gasteiger partial charge in [0.25, 0.3) is 0 Å². The van der Waals surface area contributed by atoms with Crippen LogP contribution in [-0.2, 0) is 24.6 Å². The molecule has 1 aliphatic carbocycles. The van der Waals surface area contributed by atoms with Gasteiger partial charge in [-0.2, -0.15) is 18.3 Å². The SMILES string of the molecule is CN1C(=O)CN(Cc2ccc(-c3nc(C(F)(F)F)cn3C)cc2)c2nc(-c3c(Cl)cnn3C3CC3)ncc21. The fourth-order valence-electron chi connectivity index (χ4n) is 4.56. The van der Waals surface area contributed by atoms with Gasteiger partial charge in [-0.1, -0.05) is 35.9 Å². The van der Waals surface area contributed by atoms with Crippen LogP contribution in [0.1, 0.15) is 30.1 Å². The van der Waals surface area contributed by atoms with Gasteiger partial charge in [0.1, 0.15) is 17.2 Å². The number of halogens is 4. The number of alkyl halides is 3. The van der Waals surface area contributed by atoms with Gasteiger partial charge < -0.3 is 14.4 Å². The van der Waals surface area contributed by atoms with E-state index in [1.807, 2.05) is 9.58 Å². The van der Waals surface area contributed by atoms with Crippen LogP contribution in [0.5, 0.6) is 0 Å². The number of likely N-dealkylation sites (N-methyl/N-ethyl adjacent to an activating group) is 1. The molecule has 1 fully saturated rings. The number of nitrogens with zero attached hydrogens (tertiary/aromatic N) is 8. The quantitative estimate of drug-likeness (QED) is 0.362.